The van der Waals surface area contributed by atoms with Crippen molar-refractivity contribution in [2.24, 2.45) is 11.7 Å². The lowest BCUT2D eigenvalue weighted by Crippen LogP contribution is -2.32. The molecule has 1 aromatic heterocycles. The van der Waals surface area contributed by atoms with E-state index in [1.165, 1.54) is 17.8 Å². The largest absolute Gasteiger partial charge is 0.348 e. The summed E-state index contributed by atoms with van der Waals surface area (Å²) in [6.07, 6.45) is 3.36. The molecule has 0 aliphatic heterocycles. The number of aromatic nitrogens is 1. The molecule has 0 spiro atoms. The Kier molecular flexibility index (Phi) is 8.97. The van der Waals surface area contributed by atoms with Gasteiger partial charge in [-0.2, -0.15) is 0 Å². The van der Waals surface area contributed by atoms with Gasteiger partial charge in [0.05, 0.1) is 0 Å². The summed E-state index contributed by atoms with van der Waals surface area (Å²) in [5, 5.41) is 5.53. The molecule has 1 atom stereocenters. The van der Waals surface area contributed by atoms with Gasteiger partial charge in [-0.15, -0.1) is 23.7 Å². The lowest BCUT2D eigenvalue weighted by atomic mass is 10.0. The maximum absolute atomic E-state index is 11.9. The Balaban J connectivity index is 0.00000324. The van der Waals surface area contributed by atoms with Crippen LogP contribution in [0, 0.1) is 5.92 Å². The lowest BCUT2D eigenvalue weighted by Gasteiger charge is -2.13. The summed E-state index contributed by atoms with van der Waals surface area (Å²) in [4.78, 5) is 16.0. The fourth-order valence-corrected chi connectivity index (χ4v) is 2.37. The number of halogens is 1. The Hall–Kier alpha value is -0.650. The van der Waals surface area contributed by atoms with Gasteiger partial charge in [0.15, 0.2) is 0 Å². The van der Waals surface area contributed by atoms with Crippen molar-refractivity contribution in [3.63, 3.8) is 0 Å². The number of thiazole rings is 1. The number of rotatable bonds is 7. The lowest BCUT2D eigenvalue weighted by molar-refractivity contribution is 0.0933. The first-order valence-corrected chi connectivity index (χ1v) is 7.36. The summed E-state index contributed by atoms with van der Waals surface area (Å²) in [7, 11) is 0. The normalized spacial score (nSPS) is 12.1. The van der Waals surface area contributed by atoms with Crippen LogP contribution in [0.25, 0.3) is 0 Å². The summed E-state index contributed by atoms with van der Waals surface area (Å²) < 4.78 is 0. The number of hydrogen-bond donors (Lipinski definition) is 2. The molecule has 1 rings (SSSR count). The average molecular weight is 306 g/mol. The standard InChI is InChI=1S/C13H23N3OS.ClH/c1-9(2)5-4-6-10(3)15-13(17)11-8-18-12(7-14)16-11;/h8-10H,4-7,14H2,1-3H3,(H,15,17);1H. The minimum atomic E-state index is -0.0944. The zero-order valence-corrected chi connectivity index (χ0v) is 13.4. The van der Waals surface area contributed by atoms with E-state index in [-0.39, 0.29) is 24.4 Å². The Morgan fingerprint density at radius 2 is 2.11 bits per heavy atom. The molecular formula is C13H24ClN3OS. The van der Waals surface area contributed by atoms with E-state index in [1.54, 1.807) is 5.38 Å². The van der Waals surface area contributed by atoms with Crippen LogP contribution in [-0.4, -0.2) is 16.9 Å². The van der Waals surface area contributed by atoms with E-state index in [2.05, 4.69) is 24.1 Å². The first kappa shape index (κ1) is 18.4. The van der Waals surface area contributed by atoms with Crippen molar-refractivity contribution < 1.29 is 4.79 Å². The van der Waals surface area contributed by atoms with Crippen LogP contribution >= 0.6 is 23.7 Å². The zero-order chi connectivity index (χ0) is 13.5. The highest BCUT2D eigenvalue weighted by Gasteiger charge is 2.12. The van der Waals surface area contributed by atoms with Crippen molar-refractivity contribution in [1.82, 2.24) is 10.3 Å². The summed E-state index contributed by atoms with van der Waals surface area (Å²) in [6.45, 7) is 6.86. The smallest absolute Gasteiger partial charge is 0.270 e. The molecule has 0 radical (unpaired) electrons. The molecule has 3 N–H and O–H groups in total. The molecule has 1 heterocycles. The Morgan fingerprint density at radius 3 is 2.63 bits per heavy atom. The van der Waals surface area contributed by atoms with Crippen molar-refractivity contribution in [3.8, 4) is 0 Å². The Labute approximate surface area is 125 Å². The molecule has 110 valence electrons. The Morgan fingerprint density at radius 1 is 1.42 bits per heavy atom. The third-order valence-corrected chi connectivity index (χ3v) is 3.63. The number of nitrogens with zero attached hydrogens (tertiary/aromatic N) is 1. The molecule has 0 aliphatic carbocycles. The van der Waals surface area contributed by atoms with Crippen LogP contribution in [0.3, 0.4) is 0 Å². The highest BCUT2D eigenvalue weighted by Crippen LogP contribution is 2.11. The van der Waals surface area contributed by atoms with E-state index in [9.17, 15) is 4.79 Å². The van der Waals surface area contributed by atoms with E-state index in [0.717, 1.165) is 23.8 Å². The van der Waals surface area contributed by atoms with Gasteiger partial charge < -0.3 is 11.1 Å². The molecule has 1 aromatic rings. The van der Waals surface area contributed by atoms with Crippen LogP contribution in [-0.2, 0) is 6.54 Å². The predicted molar refractivity (Wildman–Crippen MR) is 82.9 cm³/mol. The van der Waals surface area contributed by atoms with Crippen LogP contribution in [0.15, 0.2) is 5.38 Å². The molecule has 1 unspecified atom stereocenters. The van der Waals surface area contributed by atoms with E-state index < -0.39 is 0 Å². The van der Waals surface area contributed by atoms with Crippen LogP contribution in [0.5, 0.6) is 0 Å². The molecule has 0 fully saturated rings. The first-order chi connectivity index (χ1) is 8.52. The van der Waals surface area contributed by atoms with Gasteiger partial charge >= 0.3 is 0 Å². The van der Waals surface area contributed by atoms with Crippen molar-refractivity contribution in [3.05, 3.63) is 16.1 Å². The Bertz CT molecular complexity index is 382. The van der Waals surface area contributed by atoms with Crippen molar-refractivity contribution in [1.29, 1.82) is 0 Å². The molecule has 6 heteroatoms. The van der Waals surface area contributed by atoms with Gasteiger partial charge in [0.25, 0.3) is 5.91 Å². The van der Waals surface area contributed by atoms with Gasteiger partial charge in [0.1, 0.15) is 10.7 Å². The number of carbonyl (C=O) groups excluding carboxylic acids is 1. The van der Waals surface area contributed by atoms with Gasteiger partial charge in [-0.3, -0.25) is 4.79 Å². The van der Waals surface area contributed by atoms with Gasteiger partial charge in [0, 0.05) is 18.0 Å². The highest BCUT2D eigenvalue weighted by molar-refractivity contribution is 7.09. The van der Waals surface area contributed by atoms with Gasteiger partial charge in [0.2, 0.25) is 0 Å². The van der Waals surface area contributed by atoms with Gasteiger partial charge in [-0.05, 0) is 19.3 Å². The summed E-state index contributed by atoms with van der Waals surface area (Å²) in [6, 6.07) is 0.194. The molecular weight excluding hydrogens is 282 g/mol. The van der Waals surface area contributed by atoms with Gasteiger partial charge in [-0.1, -0.05) is 26.7 Å². The quantitative estimate of drug-likeness (QED) is 0.814. The first-order valence-electron chi connectivity index (χ1n) is 6.48. The van der Waals surface area contributed by atoms with E-state index in [4.69, 9.17) is 5.73 Å². The molecule has 0 saturated heterocycles. The van der Waals surface area contributed by atoms with E-state index in [1.807, 2.05) is 6.92 Å². The summed E-state index contributed by atoms with van der Waals surface area (Å²) in [5.41, 5.74) is 5.96. The van der Waals surface area contributed by atoms with Crippen molar-refractivity contribution in [2.45, 2.75) is 52.6 Å². The zero-order valence-electron chi connectivity index (χ0n) is 11.8. The second-order valence-electron chi connectivity index (χ2n) is 5.03. The third-order valence-electron chi connectivity index (χ3n) is 2.76. The molecule has 0 bridgehead atoms. The number of carbonyl (C=O) groups is 1. The predicted octanol–water partition coefficient (Wildman–Crippen LogP) is 2.97. The second kappa shape index (κ2) is 9.28. The van der Waals surface area contributed by atoms with Crippen LogP contribution in [0.4, 0.5) is 0 Å². The minimum Gasteiger partial charge on any atom is -0.348 e. The highest BCUT2D eigenvalue weighted by atomic mass is 35.5. The topological polar surface area (TPSA) is 68.0 Å². The van der Waals surface area contributed by atoms with E-state index in [0.29, 0.717) is 12.2 Å². The number of nitrogens with one attached hydrogen (secondary N) is 1. The maximum atomic E-state index is 11.9. The number of hydrogen-bond acceptors (Lipinski definition) is 4. The summed E-state index contributed by atoms with van der Waals surface area (Å²) >= 11 is 1.43. The summed E-state index contributed by atoms with van der Waals surface area (Å²) in [5.74, 6) is 0.626. The number of nitrogens with two attached hydrogens (primary N) is 1. The molecule has 0 aliphatic rings. The number of amides is 1. The fourth-order valence-electron chi connectivity index (χ4n) is 1.71. The minimum absolute atomic E-state index is 0. The molecule has 4 nitrogen and oxygen atoms in total. The fraction of sp³-hybridized carbons (Fsp3) is 0.692. The van der Waals surface area contributed by atoms with Crippen molar-refractivity contribution in [2.75, 3.05) is 0 Å². The molecule has 0 saturated carbocycles. The van der Waals surface area contributed by atoms with Crippen LogP contribution < -0.4 is 11.1 Å². The average Bonchev–Trinajstić information content (AvgIpc) is 2.76. The third kappa shape index (κ3) is 6.89. The van der Waals surface area contributed by atoms with Crippen LogP contribution in [0.2, 0.25) is 0 Å². The maximum Gasteiger partial charge on any atom is 0.270 e. The molecule has 0 aromatic carbocycles. The van der Waals surface area contributed by atoms with Gasteiger partial charge in [-0.25, -0.2) is 4.98 Å². The van der Waals surface area contributed by atoms with Crippen molar-refractivity contribution >= 4 is 29.7 Å². The SMILES string of the molecule is CC(C)CCCC(C)NC(=O)c1csc(CN)n1.Cl. The monoisotopic (exact) mass is 305 g/mol. The van der Waals surface area contributed by atoms with E-state index >= 15 is 0 Å². The van der Waals surface area contributed by atoms with Crippen LogP contribution in [0.1, 0.15) is 55.5 Å². The second-order valence-corrected chi connectivity index (χ2v) is 5.97. The molecule has 19 heavy (non-hydrogen) atoms. The molecule has 1 amide bonds.